The highest BCUT2D eigenvalue weighted by Gasteiger charge is 2.32. The lowest BCUT2D eigenvalue weighted by Crippen LogP contribution is -2.46. The second-order valence-corrected chi connectivity index (χ2v) is 7.24. The first kappa shape index (κ1) is 13.4. The normalized spacial score (nSPS) is 33.9. The summed E-state index contributed by atoms with van der Waals surface area (Å²) in [6.07, 6.45) is 7.94. The molecule has 2 rings (SSSR count). The van der Waals surface area contributed by atoms with E-state index in [4.69, 9.17) is 5.73 Å². The van der Waals surface area contributed by atoms with Crippen LogP contribution in [0, 0.1) is 11.3 Å². The van der Waals surface area contributed by atoms with Gasteiger partial charge in [0.25, 0.3) is 0 Å². The smallest absolute Gasteiger partial charge is 0.00964 e. The Morgan fingerprint density at radius 1 is 0.882 bits per heavy atom. The Balaban J connectivity index is 1.79. The van der Waals surface area contributed by atoms with Crippen molar-refractivity contribution in [1.82, 2.24) is 4.90 Å². The molecule has 2 fully saturated rings. The van der Waals surface area contributed by atoms with Crippen LogP contribution in [0.5, 0.6) is 0 Å². The molecule has 1 heterocycles. The molecule has 0 spiro atoms. The van der Waals surface area contributed by atoms with Gasteiger partial charge >= 0.3 is 0 Å². The van der Waals surface area contributed by atoms with Gasteiger partial charge in [0.2, 0.25) is 0 Å². The fourth-order valence-electron chi connectivity index (χ4n) is 3.60. The average molecular weight is 238 g/mol. The molecule has 2 N–H and O–H groups in total. The highest BCUT2D eigenvalue weighted by Crippen LogP contribution is 2.36. The zero-order chi connectivity index (χ0) is 12.5. The van der Waals surface area contributed by atoms with Gasteiger partial charge in [0.15, 0.2) is 0 Å². The quantitative estimate of drug-likeness (QED) is 0.761. The van der Waals surface area contributed by atoms with Gasteiger partial charge in [-0.1, -0.05) is 20.8 Å². The van der Waals surface area contributed by atoms with Gasteiger partial charge < -0.3 is 10.6 Å². The SMILES string of the molecule is CC(C)(C)C1CCN(C2CCC(N)CC2)CC1. The zero-order valence-corrected chi connectivity index (χ0v) is 11.9. The Kier molecular flexibility index (Phi) is 4.14. The van der Waals surface area contributed by atoms with Crippen LogP contribution < -0.4 is 5.73 Å². The van der Waals surface area contributed by atoms with Crippen molar-refractivity contribution in [3.05, 3.63) is 0 Å². The van der Waals surface area contributed by atoms with E-state index >= 15 is 0 Å². The molecule has 1 aliphatic heterocycles. The minimum absolute atomic E-state index is 0.485. The molecule has 0 atom stereocenters. The molecule has 2 heteroatoms. The summed E-state index contributed by atoms with van der Waals surface area (Å²) in [4.78, 5) is 2.74. The molecule has 100 valence electrons. The zero-order valence-electron chi connectivity index (χ0n) is 11.9. The second kappa shape index (κ2) is 5.27. The molecule has 0 amide bonds. The topological polar surface area (TPSA) is 29.3 Å². The molecule has 17 heavy (non-hydrogen) atoms. The van der Waals surface area contributed by atoms with Crippen LogP contribution in [0.15, 0.2) is 0 Å². The van der Waals surface area contributed by atoms with Crippen LogP contribution >= 0.6 is 0 Å². The van der Waals surface area contributed by atoms with Gasteiger partial charge in [-0.2, -0.15) is 0 Å². The first-order valence-electron chi connectivity index (χ1n) is 7.46. The highest BCUT2D eigenvalue weighted by molar-refractivity contribution is 4.86. The van der Waals surface area contributed by atoms with Crippen molar-refractivity contribution in [3.8, 4) is 0 Å². The number of hydrogen-bond donors (Lipinski definition) is 1. The standard InChI is InChI=1S/C15H30N2/c1-15(2,3)12-8-10-17(11-9-12)14-6-4-13(16)5-7-14/h12-14H,4-11,16H2,1-3H3. The van der Waals surface area contributed by atoms with Crippen molar-refractivity contribution in [2.75, 3.05) is 13.1 Å². The largest absolute Gasteiger partial charge is 0.328 e. The molecule has 1 saturated carbocycles. The fourth-order valence-corrected chi connectivity index (χ4v) is 3.60. The Bertz CT molecular complexity index is 228. The number of nitrogens with two attached hydrogens (primary N) is 1. The van der Waals surface area contributed by atoms with E-state index in [1.54, 1.807) is 0 Å². The lowest BCUT2D eigenvalue weighted by molar-refractivity contribution is 0.0664. The van der Waals surface area contributed by atoms with Gasteiger partial charge in [-0.05, 0) is 62.9 Å². The maximum atomic E-state index is 5.99. The van der Waals surface area contributed by atoms with E-state index in [0.29, 0.717) is 11.5 Å². The van der Waals surface area contributed by atoms with Crippen LogP contribution in [0.3, 0.4) is 0 Å². The van der Waals surface area contributed by atoms with Crippen LogP contribution in [0.1, 0.15) is 59.3 Å². The van der Waals surface area contributed by atoms with Gasteiger partial charge in [0, 0.05) is 12.1 Å². The van der Waals surface area contributed by atoms with Crippen molar-refractivity contribution >= 4 is 0 Å². The average Bonchev–Trinajstić information content (AvgIpc) is 2.29. The van der Waals surface area contributed by atoms with Crippen LogP contribution in [0.25, 0.3) is 0 Å². The summed E-state index contributed by atoms with van der Waals surface area (Å²) in [5, 5.41) is 0. The minimum atomic E-state index is 0.485. The van der Waals surface area contributed by atoms with Gasteiger partial charge in [-0.15, -0.1) is 0 Å². The molecule has 0 unspecified atom stereocenters. The number of piperidine rings is 1. The van der Waals surface area contributed by atoms with E-state index in [1.807, 2.05) is 0 Å². The van der Waals surface area contributed by atoms with Crippen molar-refractivity contribution in [2.24, 2.45) is 17.1 Å². The second-order valence-electron chi connectivity index (χ2n) is 7.24. The van der Waals surface area contributed by atoms with Crippen LogP contribution in [0.2, 0.25) is 0 Å². The maximum Gasteiger partial charge on any atom is 0.00964 e. The molecular weight excluding hydrogens is 208 g/mol. The van der Waals surface area contributed by atoms with Gasteiger partial charge in [-0.25, -0.2) is 0 Å². The van der Waals surface area contributed by atoms with Crippen molar-refractivity contribution in [1.29, 1.82) is 0 Å². The number of hydrogen-bond acceptors (Lipinski definition) is 2. The fraction of sp³-hybridized carbons (Fsp3) is 1.00. The Hall–Kier alpha value is -0.0800. The summed E-state index contributed by atoms with van der Waals surface area (Å²) in [6, 6.07) is 1.33. The third kappa shape index (κ3) is 3.45. The van der Waals surface area contributed by atoms with Gasteiger partial charge in [-0.3, -0.25) is 0 Å². The van der Waals surface area contributed by atoms with E-state index in [0.717, 1.165) is 12.0 Å². The predicted octanol–water partition coefficient (Wildman–Crippen LogP) is 3.01. The number of rotatable bonds is 1. The minimum Gasteiger partial charge on any atom is -0.328 e. The maximum absolute atomic E-state index is 5.99. The molecule has 0 aromatic rings. The van der Waals surface area contributed by atoms with Crippen molar-refractivity contribution in [2.45, 2.75) is 71.4 Å². The van der Waals surface area contributed by atoms with Crippen LogP contribution in [-0.4, -0.2) is 30.1 Å². The van der Waals surface area contributed by atoms with Gasteiger partial charge in [0.1, 0.15) is 0 Å². The van der Waals surface area contributed by atoms with Crippen molar-refractivity contribution < 1.29 is 0 Å². The van der Waals surface area contributed by atoms with E-state index in [9.17, 15) is 0 Å². The van der Waals surface area contributed by atoms with E-state index in [-0.39, 0.29) is 0 Å². The van der Waals surface area contributed by atoms with E-state index in [2.05, 4.69) is 25.7 Å². The monoisotopic (exact) mass is 238 g/mol. The molecule has 2 aliphatic rings. The summed E-state index contributed by atoms with van der Waals surface area (Å²) < 4.78 is 0. The molecule has 1 saturated heterocycles. The van der Waals surface area contributed by atoms with Crippen LogP contribution in [0.4, 0.5) is 0 Å². The predicted molar refractivity (Wildman–Crippen MR) is 74.0 cm³/mol. The van der Waals surface area contributed by atoms with Gasteiger partial charge in [0.05, 0.1) is 0 Å². The van der Waals surface area contributed by atoms with E-state index < -0.39 is 0 Å². The summed E-state index contributed by atoms with van der Waals surface area (Å²) in [5.74, 6) is 0.921. The summed E-state index contributed by atoms with van der Waals surface area (Å²) in [7, 11) is 0. The summed E-state index contributed by atoms with van der Waals surface area (Å²) in [6.45, 7) is 9.83. The Labute approximate surface area is 107 Å². The first-order valence-corrected chi connectivity index (χ1v) is 7.46. The number of likely N-dealkylation sites (tertiary alicyclic amines) is 1. The van der Waals surface area contributed by atoms with E-state index in [1.165, 1.54) is 51.6 Å². The summed E-state index contributed by atoms with van der Waals surface area (Å²) >= 11 is 0. The first-order chi connectivity index (χ1) is 7.97. The molecule has 0 bridgehead atoms. The van der Waals surface area contributed by atoms with Crippen molar-refractivity contribution in [3.63, 3.8) is 0 Å². The highest BCUT2D eigenvalue weighted by atomic mass is 15.2. The molecular formula is C15H30N2. The molecule has 0 aromatic heterocycles. The van der Waals surface area contributed by atoms with Crippen LogP contribution in [-0.2, 0) is 0 Å². The third-order valence-corrected chi connectivity index (χ3v) is 5.01. The molecule has 2 nitrogen and oxygen atoms in total. The molecule has 0 radical (unpaired) electrons. The third-order valence-electron chi connectivity index (χ3n) is 5.01. The summed E-state index contributed by atoms with van der Waals surface area (Å²) in [5.41, 5.74) is 6.49. The molecule has 1 aliphatic carbocycles. The lowest BCUT2D eigenvalue weighted by Gasteiger charge is -2.43. The Morgan fingerprint density at radius 3 is 1.88 bits per heavy atom. The lowest BCUT2D eigenvalue weighted by atomic mass is 9.75. The Morgan fingerprint density at radius 2 is 1.41 bits per heavy atom. The molecule has 0 aromatic carbocycles. The number of nitrogens with zero attached hydrogens (tertiary/aromatic N) is 1.